The Labute approximate surface area is 335 Å². The number of benzene rings is 5. The van der Waals surface area contributed by atoms with Crippen molar-refractivity contribution >= 4 is 60.4 Å². The van der Waals surface area contributed by atoms with Crippen LogP contribution in [0.3, 0.4) is 0 Å². The van der Waals surface area contributed by atoms with E-state index in [1.54, 1.807) is 12.1 Å². The van der Waals surface area contributed by atoms with Gasteiger partial charge in [0.05, 0.1) is 10.3 Å². The summed E-state index contributed by atoms with van der Waals surface area (Å²) >= 11 is 7.38. The van der Waals surface area contributed by atoms with Gasteiger partial charge in [0.25, 0.3) is 0 Å². The summed E-state index contributed by atoms with van der Waals surface area (Å²) in [5, 5.41) is 6.40. The van der Waals surface area contributed by atoms with Crippen LogP contribution in [0, 0.1) is 6.92 Å². The first kappa shape index (κ1) is 36.9. The van der Waals surface area contributed by atoms with E-state index in [9.17, 15) is 13.0 Å². The minimum Gasteiger partial charge on any atom is -0.744 e. The van der Waals surface area contributed by atoms with E-state index in [4.69, 9.17) is 11.6 Å². The molecule has 0 bridgehead atoms. The normalized spacial score (nSPS) is 20.9. The van der Waals surface area contributed by atoms with E-state index in [-0.39, 0.29) is 15.7 Å². The van der Waals surface area contributed by atoms with Gasteiger partial charge in [-0.25, -0.2) is 8.42 Å². The molecule has 0 N–H and O–H groups in total. The van der Waals surface area contributed by atoms with E-state index in [0.29, 0.717) is 0 Å². The number of hydrogen-bond donors (Lipinski definition) is 0. The molecule has 0 amide bonds. The highest BCUT2D eigenvalue weighted by atomic mass is 35.5. The molecule has 0 aromatic heterocycles. The standard InChI is InChI=1S/C42H40ClN2.C7H8O3S/c1-41(2)36-32-14-7-5-10-26(32)16-18-34(36)44-22-20-30(39(41)44)24-28-12-9-13-29(38(28)43)25-31-21-23-45-35-19-17-27-11-6-8-15-33(27)37(35)42(3,4)40(31)45;1-6-2-4-7(5-3-6)11(8,9)10/h5-8,10-11,14-19,24-25H,9,12-13,20-23H2,1-4H3;2-5H,1H3,(H,8,9,10)/q+1;/p-1. The van der Waals surface area contributed by atoms with Crippen molar-refractivity contribution in [2.75, 3.05) is 18.0 Å². The Morgan fingerprint density at radius 3 is 2.05 bits per heavy atom. The SMILES string of the molecule is CC1(C)C2=C(C=C3CCCC(C=C4CC[N+]5=C4C(C)(C)c4c5ccc5ccccc45)=C3Cl)CCN2c2ccc3ccccc3c21.Cc1ccc(S(=O)(=O)[O-])cc1. The lowest BCUT2D eigenvalue weighted by atomic mass is 9.76. The second-order valence-corrected chi connectivity index (χ2v) is 18.7. The fraction of sp³-hybridized carbons (Fsp3) is 0.286. The van der Waals surface area contributed by atoms with Crippen LogP contribution in [0.15, 0.2) is 147 Å². The number of fused-ring (bicyclic) bond motifs is 9. The van der Waals surface area contributed by atoms with Crippen LogP contribution in [0.5, 0.6) is 0 Å². The van der Waals surface area contributed by atoms with E-state index in [2.05, 4.69) is 122 Å². The lowest BCUT2D eigenvalue weighted by Gasteiger charge is -2.25. The average molecular weight is 779 g/mol. The van der Waals surface area contributed by atoms with E-state index in [0.717, 1.165) is 55.8 Å². The van der Waals surface area contributed by atoms with Gasteiger partial charge >= 0.3 is 0 Å². The van der Waals surface area contributed by atoms with Crippen molar-refractivity contribution in [3.63, 3.8) is 0 Å². The van der Waals surface area contributed by atoms with Gasteiger partial charge in [0.2, 0.25) is 5.69 Å². The van der Waals surface area contributed by atoms with E-state index < -0.39 is 10.1 Å². The van der Waals surface area contributed by atoms with Crippen molar-refractivity contribution in [3.05, 3.63) is 159 Å². The van der Waals surface area contributed by atoms with Gasteiger partial charge in [-0.15, -0.1) is 0 Å². The van der Waals surface area contributed by atoms with E-state index in [1.165, 1.54) is 89.9 Å². The molecule has 7 heteroatoms. The molecule has 0 atom stereocenters. The lowest BCUT2D eigenvalue weighted by molar-refractivity contribution is -0.428. The minimum absolute atomic E-state index is 0.0497. The first-order chi connectivity index (χ1) is 26.7. The van der Waals surface area contributed by atoms with Crippen LogP contribution in [0.1, 0.15) is 76.5 Å². The molecule has 0 unspecified atom stereocenters. The van der Waals surface area contributed by atoms with E-state index >= 15 is 0 Å². The quantitative estimate of drug-likeness (QED) is 0.135. The molecule has 4 aliphatic heterocycles. The number of rotatable bonds is 3. The minimum atomic E-state index is -4.27. The Kier molecular flexibility index (Phi) is 8.84. The topological polar surface area (TPSA) is 63.5 Å². The monoisotopic (exact) mass is 778 g/mol. The second kappa shape index (κ2) is 13.4. The number of allylic oxidation sites excluding steroid dienone is 6. The Bertz CT molecular complexity index is 2770. The number of aryl methyl sites for hydroxylation is 1. The molecule has 10 rings (SSSR count). The molecule has 0 radical (unpaired) electrons. The summed E-state index contributed by atoms with van der Waals surface area (Å²) in [6.45, 7) is 13.6. The predicted octanol–water partition coefficient (Wildman–Crippen LogP) is 11.7. The molecule has 0 fully saturated rings. The fourth-order valence-corrected chi connectivity index (χ4v) is 11.1. The highest BCUT2D eigenvalue weighted by molar-refractivity contribution is 7.85. The molecule has 5 nitrogen and oxygen atoms in total. The molecule has 0 saturated heterocycles. The summed E-state index contributed by atoms with van der Waals surface area (Å²) in [7, 11) is -4.27. The summed E-state index contributed by atoms with van der Waals surface area (Å²) in [5.41, 5.74) is 15.0. The van der Waals surface area contributed by atoms with Gasteiger partial charge in [0.15, 0.2) is 12.3 Å². The maximum absolute atomic E-state index is 10.4. The lowest BCUT2D eigenvalue weighted by Crippen LogP contribution is -2.28. The number of anilines is 1. The Balaban J connectivity index is 0.000000324. The number of halogens is 1. The Morgan fingerprint density at radius 1 is 0.714 bits per heavy atom. The number of hydrogen-bond acceptors (Lipinski definition) is 4. The molecule has 1 aliphatic carbocycles. The summed E-state index contributed by atoms with van der Waals surface area (Å²) in [6, 6.07) is 32.8. The summed E-state index contributed by atoms with van der Waals surface area (Å²) < 4.78 is 33.8. The van der Waals surface area contributed by atoms with Gasteiger partial charge in [-0.3, -0.25) is 0 Å². The zero-order valence-corrected chi connectivity index (χ0v) is 34.3. The van der Waals surface area contributed by atoms with Crippen LogP contribution in [0.25, 0.3) is 21.5 Å². The molecule has 5 aliphatic rings. The predicted molar refractivity (Wildman–Crippen MR) is 229 cm³/mol. The largest absolute Gasteiger partial charge is 0.744 e. The molecule has 5 aromatic carbocycles. The Hall–Kier alpha value is -4.75. The van der Waals surface area contributed by atoms with Crippen molar-refractivity contribution in [2.24, 2.45) is 0 Å². The highest BCUT2D eigenvalue weighted by Gasteiger charge is 2.51. The van der Waals surface area contributed by atoms with Gasteiger partial charge in [-0.2, -0.15) is 4.58 Å². The van der Waals surface area contributed by atoms with Crippen molar-refractivity contribution < 1.29 is 17.5 Å². The summed E-state index contributed by atoms with van der Waals surface area (Å²) in [5.74, 6) is 0. The van der Waals surface area contributed by atoms with Gasteiger partial charge in [-0.05, 0) is 121 Å². The molecule has 284 valence electrons. The first-order valence-corrected chi connectivity index (χ1v) is 21.6. The molecule has 56 heavy (non-hydrogen) atoms. The third-order valence-electron chi connectivity index (χ3n) is 12.6. The third kappa shape index (κ3) is 5.91. The van der Waals surface area contributed by atoms with Crippen LogP contribution in [-0.2, 0) is 20.9 Å². The molecule has 4 heterocycles. The van der Waals surface area contributed by atoms with Crippen molar-refractivity contribution in [1.29, 1.82) is 0 Å². The van der Waals surface area contributed by atoms with Crippen LogP contribution in [0.4, 0.5) is 11.4 Å². The molecular weight excluding hydrogens is 732 g/mol. The molecular formula is C49H47ClN2O3S. The van der Waals surface area contributed by atoms with Crippen molar-refractivity contribution in [1.82, 2.24) is 0 Å². The van der Waals surface area contributed by atoms with Crippen molar-refractivity contribution in [3.8, 4) is 0 Å². The third-order valence-corrected chi connectivity index (χ3v) is 14.0. The molecule has 5 aromatic rings. The molecule has 0 spiro atoms. The maximum Gasteiger partial charge on any atom is 0.210 e. The first-order valence-electron chi connectivity index (χ1n) is 19.8. The second-order valence-electron chi connectivity index (χ2n) is 16.9. The van der Waals surface area contributed by atoms with Crippen LogP contribution in [-0.4, -0.2) is 36.3 Å². The van der Waals surface area contributed by atoms with E-state index in [1.807, 2.05) is 6.92 Å². The fourth-order valence-electron chi connectivity index (χ4n) is 10.3. The van der Waals surface area contributed by atoms with Crippen LogP contribution < -0.4 is 4.90 Å². The number of nitrogens with zero attached hydrogens (tertiary/aromatic N) is 2. The summed E-state index contributed by atoms with van der Waals surface area (Å²) in [6.07, 6.45) is 10.3. The van der Waals surface area contributed by atoms with Gasteiger partial charge in [-0.1, -0.05) is 104 Å². The zero-order chi connectivity index (χ0) is 39.1. The Morgan fingerprint density at radius 2 is 1.36 bits per heavy atom. The highest BCUT2D eigenvalue weighted by Crippen LogP contribution is 2.55. The van der Waals surface area contributed by atoms with Gasteiger partial charge in [0, 0.05) is 52.0 Å². The molecule has 0 saturated carbocycles. The maximum atomic E-state index is 10.4. The van der Waals surface area contributed by atoms with Gasteiger partial charge < -0.3 is 9.45 Å². The summed E-state index contributed by atoms with van der Waals surface area (Å²) in [4.78, 5) is 2.41. The average Bonchev–Trinajstić information content (AvgIpc) is 3.91. The van der Waals surface area contributed by atoms with Gasteiger partial charge in [0.1, 0.15) is 10.1 Å². The van der Waals surface area contributed by atoms with Crippen LogP contribution >= 0.6 is 11.6 Å². The van der Waals surface area contributed by atoms with Crippen LogP contribution in [0.2, 0.25) is 0 Å². The smallest absolute Gasteiger partial charge is 0.210 e. The van der Waals surface area contributed by atoms with Crippen molar-refractivity contribution in [2.45, 2.75) is 82.4 Å². The zero-order valence-electron chi connectivity index (χ0n) is 32.7.